The number of quaternary nitrogens is 1. The molecule has 2 aliphatic rings. The monoisotopic (exact) mass is 415 g/mol. The molecular weight excluding hydrogens is 388 g/mol. The highest BCUT2D eigenvalue weighted by Gasteiger charge is 2.45. The van der Waals surface area contributed by atoms with Gasteiger partial charge in [0, 0.05) is 12.0 Å². The summed E-state index contributed by atoms with van der Waals surface area (Å²) in [4.78, 5) is 7.65. The van der Waals surface area contributed by atoms with Crippen LogP contribution in [0.25, 0.3) is 4.96 Å². The summed E-state index contributed by atoms with van der Waals surface area (Å²) in [6, 6.07) is 8.66. The molecule has 154 valence electrons. The van der Waals surface area contributed by atoms with Gasteiger partial charge in [-0.3, -0.25) is 0 Å². The lowest BCUT2D eigenvalue weighted by Crippen LogP contribution is -3.14. The molecule has 2 aliphatic heterocycles. The zero-order valence-corrected chi connectivity index (χ0v) is 17.7. The average molecular weight is 416 g/mol. The van der Waals surface area contributed by atoms with Gasteiger partial charge in [0.25, 0.3) is 0 Å². The van der Waals surface area contributed by atoms with E-state index >= 15 is 0 Å². The highest BCUT2D eigenvalue weighted by atomic mass is 32.1. The second-order valence-electron chi connectivity index (χ2n) is 7.98. The number of nitrogens with zero attached hydrogens (tertiary/aromatic N) is 3. The van der Waals surface area contributed by atoms with E-state index in [0.717, 1.165) is 48.0 Å². The highest BCUT2D eigenvalue weighted by molar-refractivity contribution is 7.17. The van der Waals surface area contributed by atoms with Gasteiger partial charge in [-0.2, -0.15) is 4.52 Å². The summed E-state index contributed by atoms with van der Waals surface area (Å²) >= 11 is 1.54. The second kappa shape index (κ2) is 7.36. The molecule has 3 aromatic rings. The molecule has 2 fully saturated rings. The van der Waals surface area contributed by atoms with Crippen molar-refractivity contribution in [3.05, 3.63) is 46.1 Å². The molecule has 4 heterocycles. The van der Waals surface area contributed by atoms with E-state index < -0.39 is 5.79 Å². The van der Waals surface area contributed by atoms with Crippen LogP contribution in [-0.4, -0.2) is 51.8 Å². The fourth-order valence-electron chi connectivity index (χ4n) is 4.49. The van der Waals surface area contributed by atoms with Crippen molar-refractivity contribution in [2.45, 2.75) is 44.9 Å². The van der Waals surface area contributed by atoms with E-state index in [0.29, 0.717) is 13.2 Å². The van der Waals surface area contributed by atoms with Gasteiger partial charge in [0.2, 0.25) is 10.8 Å². The van der Waals surface area contributed by atoms with Crippen molar-refractivity contribution in [2.24, 2.45) is 0 Å². The Bertz CT molecular complexity index is 997. The molecule has 0 amide bonds. The molecule has 0 saturated carbocycles. The number of aromatic hydroxyl groups is 1. The number of thiazole rings is 1. The van der Waals surface area contributed by atoms with Crippen LogP contribution >= 0.6 is 11.3 Å². The van der Waals surface area contributed by atoms with E-state index in [-0.39, 0.29) is 11.9 Å². The molecule has 0 unspecified atom stereocenters. The molecule has 2 aromatic heterocycles. The van der Waals surface area contributed by atoms with E-state index in [1.807, 2.05) is 6.92 Å². The zero-order chi connectivity index (χ0) is 20.0. The number of rotatable bonds is 4. The van der Waals surface area contributed by atoms with Crippen molar-refractivity contribution in [1.82, 2.24) is 14.6 Å². The Morgan fingerprint density at radius 2 is 1.90 bits per heavy atom. The smallest absolute Gasteiger partial charge is 0.235 e. The van der Waals surface area contributed by atoms with Crippen molar-refractivity contribution >= 4 is 16.3 Å². The van der Waals surface area contributed by atoms with Crippen molar-refractivity contribution in [2.75, 3.05) is 26.3 Å². The van der Waals surface area contributed by atoms with Crippen molar-refractivity contribution < 1.29 is 19.5 Å². The first-order valence-corrected chi connectivity index (χ1v) is 11.2. The van der Waals surface area contributed by atoms with Crippen LogP contribution in [0, 0.1) is 6.92 Å². The van der Waals surface area contributed by atoms with Crippen molar-refractivity contribution in [3.63, 3.8) is 0 Å². The quantitative estimate of drug-likeness (QED) is 0.681. The third kappa shape index (κ3) is 3.34. The number of aromatic nitrogens is 3. The summed E-state index contributed by atoms with van der Waals surface area (Å²) in [5.74, 6) is 0.571. The molecule has 1 aromatic carbocycles. The Labute approximate surface area is 173 Å². The van der Waals surface area contributed by atoms with Gasteiger partial charge >= 0.3 is 0 Å². The average Bonchev–Trinajstić information content (AvgIpc) is 3.43. The van der Waals surface area contributed by atoms with E-state index in [2.05, 4.69) is 41.3 Å². The van der Waals surface area contributed by atoms with Crippen molar-refractivity contribution in [1.29, 1.82) is 0 Å². The summed E-state index contributed by atoms with van der Waals surface area (Å²) in [5.41, 5.74) is 2.43. The lowest BCUT2D eigenvalue weighted by Gasteiger charge is -2.38. The maximum atomic E-state index is 11.0. The van der Waals surface area contributed by atoms with Crippen LogP contribution in [-0.2, 0) is 15.9 Å². The third-order valence-electron chi connectivity index (χ3n) is 6.11. The number of aryl methyl sites for hydroxylation is 2. The van der Waals surface area contributed by atoms with Gasteiger partial charge in [-0.05, 0) is 6.92 Å². The summed E-state index contributed by atoms with van der Waals surface area (Å²) in [6.45, 7) is 7.33. The molecule has 5 rings (SSSR count). The standard InChI is InChI=1S/C21H26N4O3S/c1-3-16-22-20-25(23-16)19(26)18(29-20)17(15-6-4-14(2)5-7-15)24-10-8-21(9-11-24)27-12-13-28-21/h4-7,17,26H,3,8-13H2,1-2H3/p+1/t17-/m0/s1. The van der Waals surface area contributed by atoms with E-state index in [1.165, 1.54) is 16.0 Å². The van der Waals surface area contributed by atoms with Crippen LogP contribution < -0.4 is 4.90 Å². The van der Waals surface area contributed by atoms with Gasteiger partial charge in [0.05, 0.1) is 39.1 Å². The van der Waals surface area contributed by atoms with E-state index in [9.17, 15) is 5.11 Å². The number of piperidine rings is 1. The predicted octanol–water partition coefficient (Wildman–Crippen LogP) is 1.88. The SMILES string of the molecule is CCc1nc2sc([C@H](c3ccc(C)cc3)[NH+]3CCC4(CC3)OCCO4)c(O)n2n1. The van der Waals surface area contributed by atoms with Gasteiger partial charge in [-0.1, -0.05) is 48.1 Å². The van der Waals surface area contributed by atoms with Gasteiger partial charge in [0.1, 0.15) is 4.88 Å². The number of hydrogen-bond donors (Lipinski definition) is 2. The molecular formula is C21H27N4O3S+. The molecule has 0 bridgehead atoms. The van der Waals surface area contributed by atoms with Crippen LogP contribution in [0.15, 0.2) is 24.3 Å². The number of likely N-dealkylation sites (tertiary alicyclic amines) is 1. The Hall–Kier alpha value is -2.00. The number of benzene rings is 1. The molecule has 2 saturated heterocycles. The summed E-state index contributed by atoms with van der Waals surface area (Å²) < 4.78 is 13.4. The van der Waals surface area contributed by atoms with Crippen LogP contribution in [0.1, 0.15) is 47.6 Å². The van der Waals surface area contributed by atoms with Gasteiger partial charge < -0.3 is 19.5 Å². The first-order chi connectivity index (χ1) is 14.1. The Morgan fingerprint density at radius 3 is 2.52 bits per heavy atom. The first-order valence-electron chi connectivity index (χ1n) is 10.3. The predicted molar refractivity (Wildman–Crippen MR) is 109 cm³/mol. The molecule has 0 aliphatic carbocycles. The molecule has 8 heteroatoms. The highest BCUT2D eigenvalue weighted by Crippen LogP contribution is 2.36. The normalized spacial score (nSPS) is 20.6. The fourth-order valence-corrected chi connectivity index (χ4v) is 5.65. The van der Waals surface area contributed by atoms with Crippen LogP contribution in [0.4, 0.5) is 0 Å². The molecule has 0 radical (unpaired) electrons. The number of nitrogens with one attached hydrogen (secondary N) is 1. The van der Waals surface area contributed by atoms with Crippen LogP contribution in [0.2, 0.25) is 0 Å². The number of hydrogen-bond acceptors (Lipinski definition) is 6. The number of fused-ring (bicyclic) bond motifs is 1. The molecule has 1 atom stereocenters. The minimum absolute atomic E-state index is 0.0351. The fraction of sp³-hybridized carbons (Fsp3) is 0.524. The van der Waals surface area contributed by atoms with E-state index in [4.69, 9.17) is 9.47 Å². The maximum absolute atomic E-state index is 11.0. The lowest BCUT2D eigenvalue weighted by molar-refractivity contribution is -0.933. The minimum atomic E-state index is -0.398. The lowest BCUT2D eigenvalue weighted by atomic mass is 9.97. The topological polar surface area (TPSA) is 73.3 Å². The Kier molecular flexibility index (Phi) is 4.82. The Balaban J connectivity index is 1.52. The molecule has 7 nitrogen and oxygen atoms in total. The van der Waals surface area contributed by atoms with Gasteiger partial charge in [-0.15, -0.1) is 5.10 Å². The number of ether oxygens (including phenoxy) is 2. The molecule has 1 spiro atoms. The first kappa shape index (κ1) is 19.0. The van der Waals surface area contributed by atoms with Crippen LogP contribution in [0.5, 0.6) is 5.88 Å². The largest absolute Gasteiger partial charge is 0.492 e. The zero-order valence-electron chi connectivity index (χ0n) is 16.9. The van der Waals surface area contributed by atoms with Crippen molar-refractivity contribution in [3.8, 4) is 5.88 Å². The Morgan fingerprint density at radius 1 is 1.21 bits per heavy atom. The third-order valence-corrected chi connectivity index (χ3v) is 7.19. The second-order valence-corrected chi connectivity index (χ2v) is 8.98. The maximum Gasteiger partial charge on any atom is 0.235 e. The van der Waals surface area contributed by atoms with E-state index in [1.54, 1.807) is 15.9 Å². The summed E-state index contributed by atoms with van der Waals surface area (Å²) in [5, 5.41) is 15.5. The van der Waals surface area contributed by atoms with Gasteiger partial charge in [0.15, 0.2) is 17.7 Å². The minimum Gasteiger partial charge on any atom is -0.492 e. The summed E-state index contributed by atoms with van der Waals surface area (Å²) in [6.07, 6.45) is 2.49. The van der Waals surface area contributed by atoms with Crippen LogP contribution in [0.3, 0.4) is 0 Å². The van der Waals surface area contributed by atoms with Gasteiger partial charge in [-0.25, -0.2) is 4.98 Å². The molecule has 2 N–H and O–H groups in total. The summed E-state index contributed by atoms with van der Waals surface area (Å²) in [7, 11) is 0. The molecule has 29 heavy (non-hydrogen) atoms.